The summed E-state index contributed by atoms with van der Waals surface area (Å²) in [6.07, 6.45) is 3.93. The van der Waals surface area contributed by atoms with Crippen molar-refractivity contribution in [1.29, 1.82) is 0 Å². The van der Waals surface area contributed by atoms with E-state index in [-0.39, 0.29) is 5.75 Å². The molecule has 0 saturated carbocycles. The van der Waals surface area contributed by atoms with E-state index in [1.54, 1.807) is 0 Å². The third-order valence-corrected chi connectivity index (χ3v) is 5.09. The molecular formula is C14H13BrNO2S-. The van der Waals surface area contributed by atoms with Crippen LogP contribution in [0.1, 0.15) is 33.6 Å². The fourth-order valence-corrected chi connectivity index (χ4v) is 4.09. The number of aromatic nitrogens is 1. The minimum atomic E-state index is -2.07. The largest absolute Gasteiger partial charge is 0.772 e. The van der Waals surface area contributed by atoms with Gasteiger partial charge in [-0.05, 0) is 47.9 Å². The van der Waals surface area contributed by atoms with Crippen molar-refractivity contribution >= 4 is 37.8 Å². The van der Waals surface area contributed by atoms with Gasteiger partial charge in [-0.1, -0.05) is 33.1 Å². The average Bonchev–Trinajstić information content (AvgIpc) is 2.70. The molecule has 2 atom stereocenters. The number of fused-ring (bicyclic) bond motifs is 3. The summed E-state index contributed by atoms with van der Waals surface area (Å²) in [5.41, 5.74) is 4.33. The van der Waals surface area contributed by atoms with E-state index >= 15 is 0 Å². The van der Waals surface area contributed by atoms with Crippen LogP contribution >= 0.6 is 15.9 Å². The van der Waals surface area contributed by atoms with Crippen molar-refractivity contribution in [2.75, 3.05) is 0 Å². The Morgan fingerprint density at radius 2 is 2.26 bits per heavy atom. The number of aryl methyl sites for hydroxylation is 2. The molecule has 3 rings (SSSR count). The van der Waals surface area contributed by atoms with Crippen LogP contribution in [0.2, 0.25) is 0 Å². The first-order valence-corrected chi connectivity index (χ1v) is 8.33. The Morgan fingerprint density at radius 3 is 3.00 bits per heavy atom. The minimum Gasteiger partial charge on any atom is -0.772 e. The van der Waals surface area contributed by atoms with Crippen molar-refractivity contribution in [3.63, 3.8) is 0 Å². The third-order valence-electron chi connectivity index (χ3n) is 3.62. The van der Waals surface area contributed by atoms with Crippen LogP contribution in [-0.2, 0) is 23.3 Å². The summed E-state index contributed by atoms with van der Waals surface area (Å²) in [5.74, 6) is 0.0696. The van der Waals surface area contributed by atoms with Gasteiger partial charge in [0.05, 0.1) is 0 Å². The molecule has 1 aliphatic rings. The van der Waals surface area contributed by atoms with Crippen LogP contribution in [0.25, 0.3) is 10.8 Å². The van der Waals surface area contributed by atoms with Crippen LogP contribution in [0, 0.1) is 6.92 Å². The molecule has 2 unspecified atom stereocenters. The second kappa shape index (κ2) is 4.96. The highest BCUT2D eigenvalue weighted by Crippen LogP contribution is 2.43. The third kappa shape index (κ3) is 2.35. The Morgan fingerprint density at radius 1 is 1.47 bits per heavy atom. The van der Waals surface area contributed by atoms with Gasteiger partial charge in [0.1, 0.15) is 0 Å². The van der Waals surface area contributed by atoms with E-state index in [0.29, 0.717) is 4.83 Å². The zero-order chi connectivity index (χ0) is 13.6. The van der Waals surface area contributed by atoms with E-state index < -0.39 is 11.1 Å². The molecular weight excluding hydrogens is 326 g/mol. The highest BCUT2D eigenvalue weighted by Gasteiger charge is 2.24. The van der Waals surface area contributed by atoms with E-state index in [1.165, 1.54) is 11.1 Å². The number of halogens is 1. The molecule has 1 aromatic heterocycles. The summed E-state index contributed by atoms with van der Waals surface area (Å²) < 4.78 is 22.1. The van der Waals surface area contributed by atoms with Gasteiger partial charge < -0.3 is 4.55 Å². The van der Waals surface area contributed by atoms with Gasteiger partial charge >= 0.3 is 0 Å². The molecule has 0 aliphatic heterocycles. The average molecular weight is 339 g/mol. The van der Waals surface area contributed by atoms with Crippen molar-refractivity contribution in [3.05, 3.63) is 40.7 Å². The Bertz CT molecular complexity index is 687. The number of alkyl halides is 1. The van der Waals surface area contributed by atoms with Gasteiger partial charge in [-0.25, -0.2) is 0 Å². The Labute approximate surface area is 122 Å². The first kappa shape index (κ1) is 13.2. The molecule has 3 nitrogen and oxygen atoms in total. The number of benzene rings is 1. The van der Waals surface area contributed by atoms with Gasteiger partial charge in [0.25, 0.3) is 0 Å². The van der Waals surface area contributed by atoms with Gasteiger partial charge in [-0.2, -0.15) is 0 Å². The molecule has 1 heterocycles. The van der Waals surface area contributed by atoms with Gasteiger partial charge in [-0.3, -0.25) is 9.19 Å². The molecule has 0 radical (unpaired) electrons. The van der Waals surface area contributed by atoms with Crippen LogP contribution in [0.15, 0.2) is 18.3 Å². The van der Waals surface area contributed by atoms with Crippen molar-refractivity contribution in [1.82, 2.24) is 4.98 Å². The predicted molar refractivity (Wildman–Crippen MR) is 79.1 cm³/mol. The zero-order valence-corrected chi connectivity index (χ0v) is 12.9. The summed E-state index contributed by atoms with van der Waals surface area (Å²) in [7, 11) is 0. The molecule has 5 heteroatoms. The molecule has 1 aromatic carbocycles. The van der Waals surface area contributed by atoms with E-state index in [9.17, 15) is 8.76 Å². The van der Waals surface area contributed by atoms with Gasteiger partial charge in [0.2, 0.25) is 0 Å². The molecule has 2 aromatic rings. The van der Waals surface area contributed by atoms with Gasteiger partial charge in [-0.15, -0.1) is 0 Å². The predicted octanol–water partition coefficient (Wildman–Crippen LogP) is 3.30. The van der Waals surface area contributed by atoms with E-state index in [2.05, 4.69) is 20.9 Å². The number of hydrogen-bond donors (Lipinski definition) is 0. The lowest BCUT2D eigenvalue weighted by molar-refractivity contribution is 0.536. The highest BCUT2D eigenvalue weighted by molar-refractivity contribution is 9.09. The van der Waals surface area contributed by atoms with Crippen molar-refractivity contribution in [2.45, 2.75) is 30.3 Å². The first-order valence-electron chi connectivity index (χ1n) is 6.17. The molecule has 1 aliphatic carbocycles. The second-order valence-electron chi connectivity index (χ2n) is 4.93. The minimum absolute atomic E-state index is 0.0696. The van der Waals surface area contributed by atoms with Crippen LogP contribution in [0.4, 0.5) is 0 Å². The molecule has 0 saturated heterocycles. The monoisotopic (exact) mass is 338 g/mol. The van der Waals surface area contributed by atoms with Gasteiger partial charge in [0.15, 0.2) is 0 Å². The Balaban J connectivity index is 2.32. The number of hydrogen-bond acceptors (Lipinski definition) is 3. The topological polar surface area (TPSA) is 53.0 Å². The molecule has 0 amide bonds. The highest BCUT2D eigenvalue weighted by atomic mass is 79.9. The van der Waals surface area contributed by atoms with E-state index in [0.717, 1.165) is 34.9 Å². The fraction of sp³-hybridized carbons (Fsp3) is 0.357. The van der Waals surface area contributed by atoms with Crippen molar-refractivity contribution < 1.29 is 8.76 Å². The van der Waals surface area contributed by atoms with Crippen LogP contribution in [0.3, 0.4) is 0 Å². The Hall–Kier alpha value is -0.780. The molecule has 19 heavy (non-hydrogen) atoms. The zero-order valence-electron chi connectivity index (χ0n) is 10.5. The standard InChI is InChI=1S/C14H14BrNO2S/c1-8-4-11-10(7-19(17)18)5-9-2-3-13(15)14(9)12(11)6-16-8/h4-6,13H,2-3,7H2,1H3,(H,17,18)/p-1. The smallest absolute Gasteiger partial charge is 0.0407 e. The lowest BCUT2D eigenvalue weighted by Gasteiger charge is -2.14. The normalized spacial score (nSPS) is 19.6. The first-order chi connectivity index (χ1) is 9.06. The Kier molecular flexibility index (Phi) is 3.45. The van der Waals surface area contributed by atoms with Crippen LogP contribution in [-0.4, -0.2) is 13.7 Å². The van der Waals surface area contributed by atoms with E-state index in [1.807, 2.05) is 25.3 Å². The quantitative estimate of drug-likeness (QED) is 0.623. The number of rotatable bonds is 2. The number of nitrogens with zero attached hydrogens (tertiary/aromatic N) is 1. The maximum absolute atomic E-state index is 11.0. The molecule has 0 fully saturated rings. The fourth-order valence-electron chi connectivity index (χ4n) is 2.83. The second-order valence-corrected chi connectivity index (χ2v) is 6.94. The van der Waals surface area contributed by atoms with Crippen molar-refractivity contribution in [2.24, 2.45) is 0 Å². The SMILES string of the molecule is Cc1cc2c(CS(=O)[O-])cc3c(c2cn1)C(Br)CC3. The maximum Gasteiger partial charge on any atom is 0.0407 e. The van der Waals surface area contributed by atoms with Crippen LogP contribution in [0.5, 0.6) is 0 Å². The summed E-state index contributed by atoms with van der Waals surface area (Å²) in [5, 5.41) is 2.10. The summed E-state index contributed by atoms with van der Waals surface area (Å²) in [6.45, 7) is 1.93. The molecule has 0 spiro atoms. The summed E-state index contributed by atoms with van der Waals surface area (Å²) in [6, 6.07) is 4.03. The molecule has 0 N–H and O–H groups in total. The molecule has 100 valence electrons. The van der Waals surface area contributed by atoms with Crippen LogP contribution < -0.4 is 0 Å². The van der Waals surface area contributed by atoms with Gasteiger partial charge in [0, 0.05) is 27.9 Å². The summed E-state index contributed by atoms with van der Waals surface area (Å²) in [4.78, 5) is 4.71. The number of pyridine rings is 1. The molecule has 0 bridgehead atoms. The lowest BCUT2D eigenvalue weighted by Crippen LogP contribution is -1.99. The maximum atomic E-state index is 11.0. The summed E-state index contributed by atoms with van der Waals surface area (Å²) >= 11 is 1.64. The van der Waals surface area contributed by atoms with E-state index in [4.69, 9.17) is 0 Å². The van der Waals surface area contributed by atoms with Crippen molar-refractivity contribution in [3.8, 4) is 0 Å². The lowest BCUT2D eigenvalue weighted by atomic mass is 9.98.